The summed E-state index contributed by atoms with van der Waals surface area (Å²) in [4.78, 5) is 1.94. The molecular formula is C13H18FNO2. The largest absolute Gasteiger partial charge is 0.392 e. The van der Waals surface area contributed by atoms with Gasteiger partial charge in [0.2, 0.25) is 0 Å². The van der Waals surface area contributed by atoms with Crippen LogP contribution >= 0.6 is 0 Å². The third kappa shape index (κ3) is 2.76. The van der Waals surface area contributed by atoms with E-state index in [1.807, 2.05) is 11.8 Å². The lowest BCUT2D eigenvalue weighted by Gasteiger charge is -2.37. The summed E-state index contributed by atoms with van der Waals surface area (Å²) in [5.74, 6) is -0.307. The zero-order valence-electron chi connectivity index (χ0n) is 9.99. The van der Waals surface area contributed by atoms with Crippen LogP contribution in [0.15, 0.2) is 18.2 Å². The van der Waals surface area contributed by atoms with E-state index in [9.17, 15) is 9.50 Å². The number of halogens is 1. The van der Waals surface area contributed by atoms with Crippen LogP contribution in [-0.4, -0.2) is 28.9 Å². The van der Waals surface area contributed by atoms with Gasteiger partial charge in [-0.1, -0.05) is 6.07 Å². The maximum absolute atomic E-state index is 13.8. The van der Waals surface area contributed by atoms with Crippen molar-refractivity contribution in [3.63, 3.8) is 0 Å². The molecule has 0 bridgehead atoms. The zero-order valence-corrected chi connectivity index (χ0v) is 9.99. The molecule has 0 radical (unpaired) electrons. The number of aliphatic hydroxyl groups excluding tert-OH is 1. The van der Waals surface area contributed by atoms with Crippen molar-refractivity contribution in [3.8, 4) is 0 Å². The van der Waals surface area contributed by atoms with Crippen molar-refractivity contribution in [2.75, 3.05) is 18.0 Å². The van der Waals surface area contributed by atoms with Crippen LogP contribution in [0, 0.1) is 5.82 Å². The number of aliphatic hydroxyl groups is 2. The van der Waals surface area contributed by atoms with Crippen molar-refractivity contribution in [1.82, 2.24) is 0 Å². The normalized spacial score (nSPS) is 19.4. The number of hydrogen-bond donors (Lipinski definition) is 2. The van der Waals surface area contributed by atoms with Gasteiger partial charge in [-0.2, -0.15) is 0 Å². The van der Waals surface area contributed by atoms with E-state index >= 15 is 0 Å². The average Bonchev–Trinajstić information content (AvgIpc) is 2.29. The van der Waals surface area contributed by atoms with Crippen molar-refractivity contribution in [2.24, 2.45) is 0 Å². The standard InChI is InChI=1S/C13H18FNO2/c1-13(17)4-6-15(7-5-13)12-3-2-10(9-16)8-11(12)14/h2-3,8,16-17H,4-7,9H2,1H3. The number of piperidine rings is 1. The van der Waals surface area contributed by atoms with Crippen LogP contribution in [-0.2, 0) is 6.61 Å². The summed E-state index contributed by atoms with van der Waals surface area (Å²) in [5, 5.41) is 18.8. The first-order valence-electron chi connectivity index (χ1n) is 5.88. The van der Waals surface area contributed by atoms with Crippen LogP contribution in [0.25, 0.3) is 0 Å². The molecule has 1 saturated heterocycles. The van der Waals surface area contributed by atoms with Gasteiger partial charge in [0.05, 0.1) is 17.9 Å². The molecule has 1 aliphatic heterocycles. The van der Waals surface area contributed by atoms with E-state index in [-0.39, 0.29) is 12.4 Å². The Morgan fingerprint density at radius 3 is 2.53 bits per heavy atom. The van der Waals surface area contributed by atoms with E-state index in [4.69, 9.17) is 5.11 Å². The van der Waals surface area contributed by atoms with Crippen molar-refractivity contribution in [2.45, 2.75) is 32.0 Å². The molecule has 1 aromatic rings. The first kappa shape index (κ1) is 12.3. The molecule has 17 heavy (non-hydrogen) atoms. The maximum Gasteiger partial charge on any atom is 0.146 e. The lowest BCUT2D eigenvalue weighted by atomic mass is 9.93. The number of benzene rings is 1. The summed E-state index contributed by atoms with van der Waals surface area (Å²) in [6.45, 7) is 2.98. The molecule has 94 valence electrons. The van der Waals surface area contributed by atoms with Gasteiger partial charge in [0, 0.05) is 13.1 Å². The molecule has 1 aromatic carbocycles. The second-order valence-electron chi connectivity index (χ2n) is 4.93. The highest BCUT2D eigenvalue weighted by Gasteiger charge is 2.28. The lowest BCUT2D eigenvalue weighted by molar-refractivity contribution is 0.0350. The van der Waals surface area contributed by atoms with Gasteiger partial charge in [-0.3, -0.25) is 0 Å². The van der Waals surface area contributed by atoms with Gasteiger partial charge in [0.25, 0.3) is 0 Å². The smallest absolute Gasteiger partial charge is 0.146 e. The lowest BCUT2D eigenvalue weighted by Crippen LogP contribution is -2.42. The van der Waals surface area contributed by atoms with Gasteiger partial charge < -0.3 is 15.1 Å². The monoisotopic (exact) mass is 239 g/mol. The van der Waals surface area contributed by atoms with Crippen LogP contribution in [0.1, 0.15) is 25.3 Å². The predicted molar refractivity (Wildman–Crippen MR) is 64.4 cm³/mol. The average molecular weight is 239 g/mol. The fourth-order valence-corrected chi connectivity index (χ4v) is 2.13. The minimum atomic E-state index is -0.627. The van der Waals surface area contributed by atoms with Crippen LogP contribution in [0.5, 0.6) is 0 Å². The molecule has 1 heterocycles. The Bertz CT molecular complexity index is 396. The Morgan fingerprint density at radius 1 is 1.35 bits per heavy atom. The fourth-order valence-electron chi connectivity index (χ4n) is 2.13. The van der Waals surface area contributed by atoms with Crippen LogP contribution in [0.3, 0.4) is 0 Å². The summed E-state index contributed by atoms with van der Waals surface area (Å²) in [6.07, 6.45) is 1.29. The first-order chi connectivity index (χ1) is 8.02. The Hall–Kier alpha value is -1.13. The number of anilines is 1. The molecule has 0 saturated carbocycles. The van der Waals surface area contributed by atoms with E-state index in [0.717, 1.165) is 0 Å². The van der Waals surface area contributed by atoms with Crippen molar-refractivity contribution in [3.05, 3.63) is 29.6 Å². The summed E-state index contributed by atoms with van der Waals surface area (Å²) < 4.78 is 13.8. The van der Waals surface area contributed by atoms with Gasteiger partial charge in [0.15, 0.2) is 0 Å². The van der Waals surface area contributed by atoms with Crippen LogP contribution in [0.2, 0.25) is 0 Å². The molecule has 0 atom stereocenters. The van der Waals surface area contributed by atoms with Gasteiger partial charge in [0.1, 0.15) is 5.82 Å². The Balaban J connectivity index is 2.13. The zero-order chi connectivity index (χ0) is 12.5. The molecule has 2 N–H and O–H groups in total. The molecule has 0 aliphatic carbocycles. The molecule has 1 aliphatic rings. The highest BCUT2D eigenvalue weighted by atomic mass is 19.1. The van der Waals surface area contributed by atoms with Crippen LogP contribution < -0.4 is 4.90 Å². The van der Waals surface area contributed by atoms with E-state index in [1.54, 1.807) is 12.1 Å². The molecule has 0 spiro atoms. The van der Waals surface area contributed by atoms with Gasteiger partial charge in [-0.05, 0) is 37.5 Å². The van der Waals surface area contributed by atoms with Crippen molar-refractivity contribution in [1.29, 1.82) is 0 Å². The van der Waals surface area contributed by atoms with Crippen LogP contribution in [0.4, 0.5) is 10.1 Å². The van der Waals surface area contributed by atoms with Gasteiger partial charge >= 0.3 is 0 Å². The van der Waals surface area contributed by atoms with Crippen molar-refractivity contribution >= 4 is 5.69 Å². The highest BCUT2D eigenvalue weighted by Crippen LogP contribution is 2.28. The summed E-state index contributed by atoms with van der Waals surface area (Å²) in [6, 6.07) is 4.79. The third-order valence-electron chi connectivity index (χ3n) is 3.38. The number of hydrogen-bond acceptors (Lipinski definition) is 3. The van der Waals surface area contributed by atoms with E-state index in [0.29, 0.717) is 37.2 Å². The molecule has 2 rings (SSSR count). The second kappa shape index (κ2) is 4.63. The topological polar surface area (TPSA) is 43.7 Å². The Morgan fingerprint density at radius 2 is 2.00 bits per heavy atom. The summed E-state index contributed by atoms with van der Waals surface area (Å²) in [5.41, 5.74) is 0.505. The highest BCUT2D eigenvalue weighted by molar-refractivity contribution is 5.49. The molecular weight excluding hydrogens is 221 g/mol. The summed E-state index contributed by atoms with van der Waals surface area (Å²) in [7, 11) is 0. The Labute approximate surface area is 100 Å². The second-order valence-corrected chi connectivity index (χ2v) is 4.93. The first-order valence-corrected chi connectivity index (χ1v) is 5.88. The number of rotatable bonds is 2. The Kier molecular flexibility index (Phi) is 3.35. The SMILES string of the molecule is CC1(O)CCN(c2ccc(CO)cc2F)CC1. The predicted octanol–water partition coefficient (Wildman–Crippen LogP) is 1.67. The minimum Gasteiger partial charge on any atom is -0.392 e. The number of nitrogens with zero attached hydrogens (tertiary/aromatic N) is 1. The minimum absolute atomic E-state index is 0.147. The fraction of sp³-hybridized carbons (Fsp3) is 0.538. The summed E-state index contributed by atoms with van der Waals surface area (Å²) >= 11 is 0. The molecule has 0 unspecified atom stereocenters. The van der Waals surface area contributed by atoms with E-state index in [1.165, 1.54) is 6.07 Å². The third-order valence-corrected chi connectivity index (χ3v) is 3.38. The molecule has 4 heteroatoms. The van der Waals surface area contributed by atoms with E-state index in [2.05, 4.69) is 0 Å². The van der Waals surface area contributed by atoms with E-state index < -0.39 is 5.60 Å². The molecule has 1 fully saturated rings. The molecule has 0 amide bonds. The van der Waals surface area contributed by atoms with Gasteiger partial charge in [-0.25, -0.2) is 4.39 Å². The van der Waals surface area contributed by atoms with Gasteiger partial charge in [-0.15, -0.1) is 0 Å². The van der Waals surface area contributed by atoms with Crippen molar-refractivity contribution < 1.29 is 14.6 Å². The molecule has 0 aromatic heterocycles. The quantitative estimate of drug-likeness (QED) is 0.825. The molecule has 3 nitrogen and oxygen atoms in total. The maximum atomic E-state index is 13.8.